The van der Waals surface area contributed by atoms with Gasteiger partial charge in [0.15, 0.2) is 11.6 Å². The summed E-state index contributed by atoms with van der Waals surface area (Å²) in [4.78, 5) is 0. The molecule has 0 radical (unpaired) electrons. The van der Waals surface area contributed by atoms with Gasteiger partial charge in [0.1, 0.15) is 0 Å². The second-order valence-electron chi connectivity index (χ2n) is 3.13. The topological polar surface area (TPSA) is 9.23 Å². The summed E-state index contributed by atoms with van der Waals surface area (Å²) in [5.74, 6) is -0.0506. The fourth-order valence-corrected chi connectivity index (χ4v) is 1.24. The van der Waals surface area contributed by atoms with Crippen molar-refractivity contribution in [3.05, 3.63) is 66.0 Å². The molecule has 0 aromatic heterocycles. The van der Waals surface area contributed by atoms with E-state index >= 15 is 0 Å². The molecule has 2 aromatic rings. The first-order chi connectivity index (χ1) is 7.36. The summed E-state index contributed by atoms with van der Waals surface area (Å²) >= 11 is 0. The van der Waals surface area contributed by atoms with Gasteiger partial charge >= 0.3 is 23.1 Å². The Bertz CT molecular complexity index is 436. The van der Waals surface area contributed by atoms with Crippen molar-refractivity contribution in [3.8, 4) is 5.75 Å². The van der Waals surface area contributed by atoms with Gasteiger partial charge in [-0.1, -0.05) is 12.1 Å². The Hall–Kier alpha value is -0.584. The number of hydrogen-bond donors (Lipinski definition) is 0. The second kappa shape index (κ2) is 8.50. The Morgan fingerprint density at radius 3 is 2.35 bits per heavy atom. The Morgan fingerprint density at radius 2 is 1.71 bits per heavy atom. The number of para-hydroxylation sites is 1. The van der Waals surface area contributed by atoms with Crippen LogP contribution < -0.4 is 21.7 Å². The number of benzene rings is 2. The SMILES string of the molecule is Fc1ccccc1OCc1cc[c-]cc1.[Br-].[Mg+2]. The molecule has 84 valence electrons. The molecule has 0 aliphatic carbocycles. The molecule has 0 bridgehead atoms. The van der Waals surface area contributed by atoms with Crippen LogP contribution in [0.25, 0.3) is 0 Å². The van der Waals surface area contributed by atoms with E-state index in [0.717, 1.165) is 5.56 Å². The predicted molar refractivity (Wildman–Crippen MR) is 61.8 cm³/mol. The van der Waals surface area contributed by atoms with Gasteiger partial charge in [0.2, 0.25) is 0 Å². The van der Waals surface area contributed by atoms with E-state index in [-0.39, 0.29) is 51.6 Å². The van der Waals surface area contributed by atoms with E-state index in [0.29, 0.717) is 6.61 Å². The third-order valence-electron chi connectivity index (χ3n) is 2.02. The molecule has 0 saturated heterocycles. The molecule has 0 unspecified atom stereocenters. The van der Waals surface area contributed by atoms with E-state index in [1.807, 2.05) is 12.1 Å². The van der Waals surface area contributed by atoms with Crippen LogP contribution in [0, 0.1) is 11.9 Å². The van der Waals surface area contributed by atoms with Crippen LogP contribution in [0.15, 0.2) is 48.5 Å². The number of hydrogen-bond acceptors (Lipinski definition) is 1. The van der Waals surface area contributed by atoms with Crippen molar-refractivity contribution in [3.63, 3.8) is 0 Å². The van der Waals surface area contributed by atoms with Gasteiger partial charge < -0.3 is 21.7 Å². The Labute approximate surface area is 127 Å². The Kier molecular flexibility index (Phi) is 8.21. The van der Waals surface area contributed by atoms with Crippen molar-refractivity contribution >= 4 is 23.1 Å². The largest absolute Gasteiger partial charge is 2.00 e. The van der Waals surface area contributed by atoms with Crippen LogP contribution in [-0.2, 0) is 6.61 Å². The van der Waals surface area contributed by atoms with Gasteiger partial charge in [0.05, 0.1) is 6.61 Å². The van der Waals surface area contributed by atoms with Crippen LogP contribution in [0.5, 0.6) is 5.75 Å². The quantitative estimate of drug-likeness (QED) is 0.565. The van der Waals surface area contributed by atoms with Crippen LogP contribution in [0.2, 0.25) is 0 Å². The van der Waals surface area contributed by atoms with E-state index in [1.165, 1.54) is 6.07 Å². The molecule has 0 fully saturated rings. The van der Waals surface area contributed by atoms with Crippen LogP contribution in [-0.4, -0.2) is 23.1 Å². The molecular weight excluding hydrogens is 295 g/mol. The van der Waals surface area contributed by atoms with Crippen LogP contribution in [0.4, 0.5) is 4.39 Å². The number of rotatable bonds is 3. The zero-order valence-corrected chi connectivity index (χ0v) is 12.2. The molecule has 0 aliphatic heterocycles. The summed E-state index contributed by atoms with van der Waals surface area (Å²) in [5.41, 5.74) is 0.997. The van der Waals surface area contributed by atoms with E-state index in [2.05, 4.69) is 6.07 Å². The van der Waals surface area contributed by atoms with Gasteiger partial charge in [0, 0.05) is 0 Å². The first-order valence-electron chi connectivity index (χ1n) is 4.68. The molecule has 2 aromatic carbocycles. The van der Waals surface area contributed by atoms with Gasteiger partial charge in [-0.2, -0.15) is 30.3 Å². The van der Waals surface area contributed by atoms with Crippen LogP contribution in [0.3, 0.4) is 0 Å². The van der Waals surface area contributed by atoms with Crippen LogP contribution in [0.1, 0.15) is 5.56 Å². The molecule has 0 N–H and O–H groups in total. The average molecular weight is 305 g/mol. The standard InChI is InChI=1S/C13H10FO.BrH.Mg/c14-12-8-4-5-9-13(12)15-10-11-6-2-1-3-7-11;;/h2-9H,10H2;1H;/q-1;;+2/p-1. The average Bonchev–Trinajstić information content (AvgIpc) is 2.29. The summed E-state index contributed by atoms with van der Waals surface area (Å²) in [6.07, 6.45) is 0. The third-order valence-corrected chi connectivity index (χ3v) is 2.02. The molecule has 0 saturated carbocycles. The molecule has 2 rings (SSSR count). The van der Waals surface area contributed by atoms with Crippen molar-refractivity contribution in [2.75, 3.05) is 0 Å². The monoisotopic (exact) mass is 304 g/mol. The van der Waals surface area contributed by atoms with E-state index in [4.69, 9.17) is 4.74 Å². The van der Waals surface area contributed by atoms with Crippen molar-refractivity contribution in [1.82, 2.24) is 0 Å². The Morgan fingerprint density at radius 1 is 1.06 bits per heavy atom. The van der Waals surface area contributed by atoms with Gasteiger partial charge in [-0.15, -0.1) is 5.56 Å². The van der Waals surface area contributed by atoms with E-state index in [1.54, 1.807) is 30.3 Å². The summed E-state index contributed by atoms with van der Waals surface area (Å²) in [7, 11) is 0. The molecule has 4 heteroatoms. The maximum Gasteiger partial charge on any atom is 2.00 e. The molecule has 0 heterocycles. The van der Waals surface area contributed by atoms with Gasteiger partial charge in [-0.25, -0.2) is 4.39 Å². The molecule has 0 spiro atoms. The van der Waals surface area contributed by atoms with Gasteiger partial charge in [0.25, 0.3) is 0 Å². The predicted octanol–water partition coefficient (Wildman–Crippen LogP) is -0.172. The van der Waals surface area contributed by atoms with Gasteiger partial charge in [-0.3, -0.25) is 0 Å². The van der Waals surface area contributed by atoms with Crippen molar-refractivity contribution in [2.45, 2.75) is 6.61 Å². The van der Waals surface area contributed by atoms with E-state index < -0.39 is 0 Å². The fraction of sp³-hybridized carbons (Fsp3) is 0.0769. The zero-order valence-electron chi connectivity index (χ0n) is 9.20. The first kappa shape index (κ1) is 16.4. The third kappa shape index (κ3) is 5.06. The number of halogens is 2. The first-order valence-corrected chi connectivity index (χ1v) is 4.68. The zero-order chi connectivity index (χ0) is 10.5. The maximum absolute atomic E-state index is 13.2. The molecule has 17 heavy (non-hydrogen) atoms. The molecule has 0 atom stereocenters. The minimum atomic E-state index is -0.333. The molecule has 0 amide bonds. The molecule has 0 aliphatic rings. The second-order valence-corrected chi connectivity index (χ2v) is 3.13. The minimum Gasteiger partial charge on any atom is -1.00 e. The smallest absolute Gasteiger partial charge is 1.00 e. The molecular formula is C13H10BrFMgO. The van der Waals surface area contributed by atoms with Crippen molar-refractivity contribution in [1.29, 1.82) is 0 Å². The van der Waals surface area contributed by atoms with Crippen molar-refractivity contribution < 1.29 is 26.1 Å². The Balaban J connectivity index is 0.00000128. The molecule has 1 nitrogen and oxygen atoms in total. The van der Waals surface area contributed by atoms with E-state index in [9.17, 15) is 4.39 Å². The summed E-state index contributed by atoms with van der Waals surface area (Å²) in [5, 5.41) is 0. The fourth-order valence-electron chi connectivity index (χ4n) is 1.24. The maximum atomic E-state index is 13.2. The van der Waals surface area contributed by atoms with Crippen molar-refractivity contribution in [2.24, 2.45) is 0 Å². The number of ether oxygens (including phenoxy) is 1. The van der Waals surface area contributed by atoms with Gasteiger partial charge in [-0.05, 0) is 12.1 Å². The van der Waals surface area contributed by atoms with Crippen LogP contribution >= 0.6 is 0 Å². The summed E-state index contributed by atoms with van der Waals surface area (Å²) in [6, 6.07) is 16.7. The minimum absolute atomic E-state index is 0. The summed E-state index contributed by atoms with van der Waals surface area (Å²) in [6.45, 7) is 0.371. The normalized spacial score (nSPS) is 8.76. The summed E-state index contributed by atoms with van der Waals surface area (Å²) < 4.78 is 18.5.